The molecular weight excluding hydrogens is 370 g/mol. The summed E-state index contributed by atoms with van der Waals surface area (Å²) in [6, 6.07) is 7.04. The van der Waals surface area contributed by atoms with E-state index < -0.39 is 5.97 Å². The number of allylic oxidation sites excluding steroid dienone is 3. The number of hydrogen-bond acceptors (Lipinski definition) is 5. The van der Waals surface area contributed by atoms with Crippen LogP contribution in [-0.2, 0) is 11.3 Å². The number of pyridine rings is 1. The summed E-state index contributed by atoms with van der Waals surface area (Å²) < 4.78 is 17.4. The molecule has 154 valence electrons. The van der Waals surface area contributed by atoms with Gasteiger partial charge in [0.25, 0.3) is 0 Å². The molecule has 6 heteroatoms. The zero-order chi connectivity index (χ0) is 21.6. The number of esters is 1. The molecule has 0 atom stereocenters. The summed E-state index contributed by atoms with van der Waals surface area (Å²) in [5, 5.41) is 0. The van der Waals surface area contributed by atoms with Crippen LogP contribution in [0.25, 0.3) is 11.1 Å². The number of methoxy groups -OCH3 is 3. The molecule has 0 unspecified atom stereocenters. The Balaban J connectivity index is 2.53. The van der Waals surface area contributed by atoms with Gasteiger partial charge in [0.05, 0.1) is 21.3 Å². The zero-order valence-corrected chi connectivity index (χ0v) is 17.6. The van der Waals surface area contributed by atoms with Crippen LogP contribution < -0.4 is 14.9 Å². The fraction of sp³-hybridized carbons (Fsp3) is 0.304. The molecule has 2 rings (SSSR count). The summed E-state index contributed by atoms with van der Waals surface area (Å²) >= 11 is 0. The molecule has 0 fully saturated rings. The molecule has 0 aliphatic heterocycles. The smallest absolute Gasteiger partial charge is 0.343 e. The second-order valence-electron chi connectivity index (χ2n) is 6.52. The number of para-hydroxylation sites is 1. The first-order chi connectivity index (χ1) is 13.9. The van der Waals surface area contributed by atoms with Crippen LogP contribution in [0.4, 0.5) is 0 Å². The van der Waals surface area contributed by atoms with Gasteiger partial charge in [-0.15, -0.1) is 0 Å². The van der Waals surface area contributed by atoms with Gasteiger partial charge in [0.2, 0.25) is 0 Å². The fourth-order valence-electron chi connectivity index (χ4n) is 3.16. The monoisotopic (exact) mass is 397 g/mol. The van der Waals surface area contributed by atoms with E-state index in [0.29, 0.717) is 29.3 Å². The third kappa shape index (κ3) is 4.77. The second kappa shape index (κ2) is 9.78. The van der Waals surface area contributed by atoms with E-state index in [-0.39, 0.29) is 11.0 Å². The average Bonchev–Trinajstić information content (AvgIpc) is 2.73. The van der Waals surface area contributed by atoms with E-state index in [1.807, 2.05) is 42.7 Å². The van der Waals surface area contributed by atoms with Crippen LogP contribution in [0, 0.1) is 0 Å². The second-order valence-corrected chi connectivity index (χ2v) is 6.52. The minimum Gasteiger partial charge on any atom is -0.493 e. The molecule has 0 radical (unpaired) electrons. The van der Waals surface area contributed by atoms with Crippen molar-refractivity contribution in [1.82, 2.24) is 4.57 Å². The van der Waals surface area contributed by atoms with Gasteiger partial charge in [-0.25, -0.2) is 4.79 Å². The van der Waals surface area contributed by atoms with Gasteiger partial charge in [-0.3, -0.25) is 4.79 Å². The van der Waals surface area contributed by atoms with Crippen LogP contribution in [0.2, 0.25) is 0 Å². The Morgan fingerprint density at radius 1 is 1.17 bits per heavy atom. The highest BCUT2D eigenvalue weighted by Crippen LogP contribution is 2.35. The Kier molecular flexibility index (Phi) is 7.42. The number of carbonyl (C=O) groups excluding carboxylic acids is 1. The highest BCUT2D eigenvalue weighted by Gasteiger charge is 2.16. The summed E-state index contributed by atoms with van der Waals surface area (Å²) in [7, 11) is 4.42. The zero-order valence-electron chi connectivity index (χ0n) is 17.6. The summed E-state index contributed by atoms with van der Waals surface area (Å²) in [5.74, 6) is 0.567. The lowest BCUT2D eigenvalue weighted by molar-refractivity contribution is 0.0598. The number of aromatic nitrogens is 1. The average molecular weight is 397 g/mol. The summed E-state index contributed by atoms with van der Waals surface area (Å²) in [4.78, 5) is 24.3. The van der Waals surface area contributed by atoms with Crippen molar-refractivity contribution in [2.24, 2.45) is 0 Å². The van der Waals surface area contributed by atoms with Crippen LogP contribution >= 0.6 is 0 Å². The van der Waals surface area contributed by atoms with Gasteiger partial charge in [-0.2, -0.15) is 0 Å². The third-order valence-electron chi connectivity index (χ3n) is 4.54. The van der Waals surface area contributed by atoms with Gasteiger partial charge < -0.3 is 18.8 Å². The number of nitrogens with zero attached hydrogens (tertiary/aromatic N) is 1. The van der Waals surface area contributed by atoms with Crippen LogP contribution in [0.5, 0.6) is 11.5 Å². The largest absolute Gasteiger partial charge is 0.493 e. The summed E-state index contributed by atoms with van der Waals surface area (Å²) in [6.07, 6.45) is 4.28. The molecule has 0 N–H and O–H groups in total. The molecule has 0 saturated heterocycles. The number of ether oxygens (including phenoxy) is 3. The lowest BCUT2D eigenvalue weighted by Crippen LogP contribution is -2.21. The van der Waals surface area contributed by atoms with Crippen molar-refractivity contribution in [3.05, 3.63) is 70.2 Å². The molecule has 1 aromatic carbocycles. The predicted molar refractivity (Wildman–Crippen MR) is 115 cm³/mol. The van der Waals surface area contributed by atoms with E-state index in [1.165, 1.54) is 13.2 Å². The topological polar surface area (TPSA) is 66.8 Å². The SMILES string of the molecule is C=C(/C=C(\C)c1cc(=O)c(C(=O)OC)cn1CCC)c1cccc(OC)c1OC. The normalized spacial score (nSPS) is 11.1. The van der Waals surface area contributed by atoms with Gasteiger partial charge >= 0.3 is 5.97 Å². The van der Waals surface area contributed by atoms with Gasteiger partial charge in [-0.05, 0) is 36.6 Å². The van der Waals surface area contributed by atoms with Crippen molar-refractivity contribution in [2.75, 3.05) is 21.3 Å². The highest BCUT2D eigenvalue weighted by molar-refractivity contribution is 5.89. The quantitative estimate of drug-likeness (QED) is 0.494. The van der Waals surface area contributed by atoms with E-state index in [1.54, 1.807) is 20.4 Å². The Labute approximate surface area is 171 Å². The molecule has 2 aromatic rings. The predicted octanol–water partition coefficient (Wildman–Crippen LogP) is 4.18. The fourth-order valence-corrected chi connectivity index (χ4v) is 3.16. The number of benzene rings is 1. The Morgan fingerprint density at radius 3 is 2.48 bits per heavy atom. The van der Waals surface area contributed by atoms with Crippen molar-refractivity contribution >= 4 is 17.1 Å². The number of hydrogen-bond donors (Lipinski definition) is 0. The van der Waals surface area contributed by atoms with Gasteiger partial charge in [-0.1, -0.05) is 25.6 Å². The first-order valence-corrected chi connectivity index (χ1v) is 9.29. The molecule has 1 aromatic heterocycles. The number of carbonyl (C=O) groups is 1. The Morgan fingerprint density at radius 2 is 1.90 bits per heavy atom. The van der Waals surface area contributed by atoms with Crippen LogP contribution in [0.15, 0.2) is 47.9 Å². The van der Waals surface area contributed by atoms with Crippen molar-refractivity contribution < 1.29 is 19.0 Å². The van der Waals surface area contributed by atoms with Crippen molar-refractivity contribution in [2.45, 2.75) is 26.8 Å². The van der Waals surface area contributed by atoms with Crippen molar-refractivity contribution in [3.8, 4) is 11.5 Å². The third-order valence-corrected chi connectivity index (χ3v) is 4.54. The Bertz CT molecular complexity index is 1000. The standard InChI is InChI=1S/C23H27NO5/c1-7-11-24-14-18(23(26)29-6)20(25)13-19(24)16(3)12-15(2)17-9-8-10-21(27-4)22(17)28-5/h8-10,12-14H,2,7,11H2,1,3-6H3/b16-12+. The van der Waals surface area contributed by atoms with Gasteiger partial charge in [0.1, 0.15) is 5.56 Å². The maximum absolute atomic E-state index is 12.4. The van der Waals surface area contributed by atoms with E-state index >= 15 is 0 Å². The minimum absolute atomic E-state index is 0.0193. The molecule has 0 spiro atoms. The molecular formula is C23H27NO5. The summed E-state index contributed by atoms with van der Waals surface area (Å²) in [5.41, 5.74) is 2.70. The van der Waals surface area contributed by atoms with Crippen LogP contribution in [0.3, 0.4) is 0 Å². The molecule has 29 heavy (non-hydrogen) atoms. The molecule has 0 saturated carbocycles. The summed E-state index contributed by atoms with van der Waals surface area (Å²) in [6.45, 7) is 8.74. The lowest BCUT2D eigenvalue weighted by atomic mass is 10.0. The molecule has 0 amide bonds. The van der Waals surface area contributed by atoms with Crippen molar-refractivity contribution in [3.63, 3.8) is 0 Å². The first kappa shape index (κ1) is 22.0. The molecule has 1 heterocycles. The minimum atomic E-state index is -0.640. The van der Waals surface area contributed by atoms with Gasteiger partial charge in [0.15, 0.2) is 16.9 Å². The maximum Gasteiger partial charge on any atom is 0.343 e. The maximum atomic E-state index is 12.4. The van der Waals surface area contributed by atoms with E-state index in [4.69, 9.17) is 14.2 Å². The molecule has 0 aliphatic rings. The Hall–Kier alpha value is -3.28. The molecule has 0 aliphatic carbocycles. The van der Waals surface area contributed by atoms with E-state index in [9.17, 15) is 9.59 Å². The van der Waals surface area contributed by atoms with Crippen LogP contribution in [0.1, 0.15) is 41.9 Å². The lowest BCUT2D eigenvalue weighted by Gasteiger charge is -2.16. The number of aryl methyl sites for hydroxylation is 1. The van der Waals surface area contributed by atoms with E-state index in [2.05, 4.69) is 6.58 Å². The van der Waals surface area contributed by atoms with Gasteiger partial charge in [0, 0.05) is 30.1 Å². The molecule has 6 nitrogen and oxygen atoms in total. The first-order valence-electron chi connectivity index (χ1n) is 9.29. The number of rotatable bonds is 8. The molecule has 0 bridgehead atoms. The highest BCUT2D eigenvalue weighted by atomic mass is 16.5. The van der Waals surface area contributed by atoms with Crippen LogP contribution in [-0.4, -0.2) is 31.9 Å². The van der Waals surface area contributed by atoms with E-state index in [0.717, 1.165) is 17.6 Å². The van der Waals surface area contributed by atoms with Crippen molar-refractivity contribution in [1.29, 1.82) is 0 Å².